The molecule has 1 fully saturated rings. The Hall–Kier alpha value is -2.52. The molecule has 3 heteroatoms. The average Bonchev–Trinajstić information content (AvgIpc) is 3.68. The third-order valence-corrected chi connectivity index (χ3v) is 7.64. The quantitative estimate of drug-likeness (QED) is 0.268. The number of phenolic OH excluding ortho intramolecular Hbond substituents is 1. The van der Waals surface area contributed by atoms with Gasteiger partial charge in [0.15, 0.2) is 0 Å². The molecular formula is C29H37NOS. The van der Waals surface area contributed by atoms with Crippen LogP contribution in [0.4, 0.5) is 5.69 Å². The first-order valence-electron chi connectivity index (χ1n) is 11.8. The molecule has 1 atom stereocenters. The number of aromatic hydroxyl groups is 1. The van der Waals surface area contributed by atoms with Crippen molar-refractivity contribution < 1.29 is 5.11 Å². The van der Waals surface area contributed by atoms with E-state index in [2.05, 4.69) is 78.5 Å². The summed E-state index contributed by atoms with van der Waals surface area (Å²) in [6, 6.07) is 26.0. The highest BCUT2D eigenvalue weighted by atomic mass is 32.2. The number of phenols is 1. The molecule has 4 rings (SSSR count). The number of hydrogen-bond acceptors (Lipinski definition) is 2. The summed E-state index contributed by atoms with van der Waals surface area (Å²) in [4.78, 5) is 4.69. The zero-order chi connectivity index (χ0) is 22.9. The Labute approximate surface area is 196 Å². The van der Waals surface area contributed by atoms with Crippen LogP contribution in [0.25, 0.3) is 0 Å². The zero-order valence-electron chi connectivity index (χ0n) is 19.8. The summed E-state index contributed by atoms with van der Waals surface area (Å²) in [5, 5.41) is 10.3. The maximum Gasteiger partial charge on any atom is 0.118 e. The van der Waals surface area contributed by atoms with Crippen LogP contribution in [-0.2, 0) is 12.8 Å². The van der Waals surface area contributed by atoms with Gasteiger partial charge in [0, 0.05) is 34.6 Å². The second-order valence-corrected chi connectivity index (χ2v) is 9.91. The molecule has 1 aliphatic carbocycles. The number of aryl methyl sites for hydroxylation is 2. The highest BCUT2D eigenvalue weighted by molar-refractivity contribution is 8.14. The molecule has 1 unspecified atom stereocenters. The van der Waals surface area contributed by atoms with Gasteiger partial charge in [-0.15, -0.1) is 10.5 Å². The molecule has 0 aliphatic heterocycles. The summed E-state index contributed by atoms with van der Waals surface area (Å²) in [7, 11) is 1.81. The molecule has 3 aromatic carbocycles. The van der Waals surface area contributed by atoms with Gasteiger partial charge >= 0.3 is 0 Å². The molecule has 0 aromatic heterocycles. The van der Waals surface area contributed by atoms with Gasteiger partial charge in [-0.3, -0.25) is 0 Å². The second kappa shape index (κ2) is 11.9. The van der Waals surface area contributed by atoms with E-state index in [-0.39, 0.29) is 10.5 Å². The van der Waals surface area contributed by atoms with Crippen molar-refractivity contribution in [3.63, 3.8) is 0 Å². The van der Waals surface area contributed by atoms with E-state index in [0.717, 1.165) is 23.4 Å². The normalized spacial score (nSPS) is 13.7. The van der Waals surface area contributed by atoms with Gasteiger partial charge in [0.05, 0.1) is 0 Å². The van der Waals surface area contributed by atoms with Crippen LogP contribution in [0.1, 0.15) is 50.7 Å². The van der Waals surface area contributed by atoms with Gasteiger partial charge < -0.3 is 10.0 Å². The topological polar surface area (TPSA) is 23.5 Å². The summed E-state index contributed by atoms with van der Waals surface area (Å²) >= 11 is 0. The van der Waals surface area contributed by atoms with E-state index < -0.39 is 0 Å². The highest BCUT2D eigenvalue weighted by Crippen LogP contribution is 2.41. The van der Waals surface area contributed by atoms with E-state index in [1.165, 1.54) is 41.7 Å². The summed E-state index contributed by atoms with van der Waals surface area (Å²) in [6.07, 6.45) is 7.02. The summed E-state index contributed by atoms with van der Waals surface area (Å²) < 4.78 is 0. The van der Waals surface area contributed by atoms with Crippen LogP contribution in [0.2, 0.25) is 0 Å². The van der Waals surface area contributed by atoms with Crippen molar-refractivity contribution in [3.8, 4) is 5.75 Å². The van der Waals surface area contributed by atoms with Crippen molar-refractivity contribution in [1.82, 2.24) is 0 Å². The van der Waals surface area contributed by atoms with Crippen LogP contribution < -0.4 is 4.90 Å². The van der Waals surface area contributed by atoms with Gasteiger partial charge in [-0.1, -0.05) is 68.2 Å². The monoisotopic (exact) mass is 447 g/mol. The molecule has 0 amide bonds. The minimum Gasteiger partial charge on any atom is -0.508 e. The first-order valence-corrected chi connectivity index (χ1v) is 13.2. The third-order valence-electron chi connectivity index (χ3n) is 5.90. The Balaban J connectivity index is 0.00000141. The van der Waals surface area contributed by atoms with Gasteiger partial charge in [-0.2, -0.15) is 0 Å². The van der Waals surface area contributed by atoms with Crippen LogP contribution in [-0.4, -0.2) is 24.1 Å². The summed E-state index contributed by atoms with van der Waals surface area (Å²) in [6.45, 7) is 4.00. The van der Waals surface area contributed by atoms with Gasteiger partial charge in [-0.25, -0.2) is 0 Å². The van der Waals surface area contributed by atoms with E-state index in [9.17, 15) is 5.11 Å². The van der Waals surface area contributed by atoms with Crippen molar-refractivity contribution >= 4 is 22.0 Å². The molecule has 32 heavy (non-hydrogen) atoms. The van der Waals surface area contributed by atoms with Crippen LogP contribution in [0, 0.1) is 0 Å². The molecule has 3 aromatic rings. The van der Waals surface area contributed by atoms with Crippen LogP contribution in [0.5, 0.6) is 5.75 Å². The molecule has 2 nitrogen and oxygen atoms in total. The highest BCUT2D eigenvalue weighted by Gasteiger charge is 2.27. The van der Waals surface area contributed by atoms with Gasteiger partial charge in [0.1, 0.15) is 5.75 Å². The molecule has 0 radical (unpaired) electrons. The number of rotatable bonds is 9. The lowest BCUT2D eigenvalue weighted by molar-refractivity contribution is 0.474. The lowest BCUT2D eigenvalue weighted by Gasteiger charge is -2.21. The Morgan fingerprint density at radius 2 is 1.56 bits per heavy atom. The largest absolute Gasteiger partial charge is 0.508 e. The lowest BCUT2D eigenvalue weighted by Crippen LogP contribution is -2.19. The maximum absolute atomic E-state index is 10.3. The fraction of sp³-hybridized carbons (Fsp3) is 0.345. The van der Waals surface area contributed by atoms with Crippen LogP contribution >= 0.6 is 10.5 Å². The van der Waals surface area contributed by atoms with Crippen molar-refractivity contribution in [2.24, 2.45) is 0 Å². The first-order chi connectivity index (χ1) is 15.6. The predicted molar refractivity (Wildman–Crippen MR) is 142 cm³/mol. The van der Waals surface area contributed by atoms with Crippen molar-refractivity contribution in [2.75, 3.05) is 11.9 Å². The lowest BCUT2D eigenvalue weighted by atomic mass is 10.0. The van der Waals surface area contributed by atoms with E-state index in [0.29, 0.717) is 11.8 Å². The SMILES string of the molecule is C=S(c1cc(O)cc(N(C)C2CC2)c1)c1ccccc1CCCCc1ccccc1.CC. The summed E-state index contributed by atoms with van der Waals surface area (Å²) in [5.41, 5.74) is 3.88. The maximum atomic E-state index is 10.3. The average molecular weight is 448 g/mol. The minimum absolute atomic E-state index is 0.316. The summed E-state index contributed by atoms with van der Waals surface area (Å²) in [5.74, 6) is 4.85. The van der Waals surface area contributed by atoms with E-state index in [4.69, 9.17) is 0 Å². The Kier molecular flexibility index (Phi) is 8.99. The van der Waals surface area contributed by atoms with E-state index in [1.807, 2.05) is 26.0 Å². The van der Waals surface area contributed by atoms with E-state index >= 15 is 0 Å². The van der Waals surface area contributed by atoms with Crippen LogP contribution in [0.3, 0.4) is 0 Å². The van der Waals surface area contributed by atoms with Gasteiger partial charge in [-0.05, 0) is 67.9 Å². The number of anilines is 1. The number of hydrogen-bond donors (Lipinski definition) is 1. The second-order valence-electron chi connectivity index (χ2n) is 8.22. The number of benzene rings is 3. The van der Waals surface area contributed by atoms with Gasteiger partial charge in [0.2, 0.25) is 0 Å². The Morgan fingerprint density at radius 1 is 0.906 bits per heavy atom. The first kappa shape index (κ1) is 24.1. The van der Waals surface area contributed by atoms with Crippen LogP contribution in [0.15, 0.2) is 82.6 Å². The molecule has 0 saturated heterocycles. The fourth-order valence-electron chi connectivity index (χ4n) is 3.95. The molecule has 1 aliphatic rings. The molecule has 170 valence electrons. The molecule has 1 N–H and O–H groups in total. The number of unbranched alkanes of at least 4 members (excludes halogenated alkanes) is 1. The van der Waals surface area contributed by atoms with Crippen molar-refractivity contribution in [2.45, 2.75) is 68.2 Å². The molecule has 1 saturated carbocycles. The molecular weight excluding hydrogens is 410 g/mol. The molecule has 0 bridgehead atoms. The Bertz CT molecular complexity index is 1010. The standard InChI is InChI=1S/C27H31NOS.C2H6/c1-28(23-16-17-23)24-18-25(29)20-26(19-24)30(2)27-15-9-8-14-22(27)13-7-6-12-21-10-4-3-5-11-21;1-2/h3-5,8-11,14-15,18-20,23,29H,2,6-7,12-13,16-17H2,1H3;1-2H3. The van der Waals surface area contributed by atoms with Crippen molar-refractivity contribution in [1.29, 1.82) is 0 Å². The zero-order valence-corrected chi connectivity index (χ0v) is 20.6. The number of nitrogens with zero attached hydrogens (tertiary/aromatic N) is 1. The minimum atomic E-state index is -0.316. The van der Waals surface area contributed by atoms with Gasteiger partial charge in [0.25, 0.3) is 0 Å². The Morgan fingerprint density at radius 3 is 2.28 bits per heavy atom. The smallest absolute Gasteiger partial charge is 0.118 e. The van der Waals surface area contributed by atoms with E-state index in [1.54, 1.807) is 0 Å². The third kappa shape index (κ3) is 6.49. The molecule has 0 heterocycles. The molecule has 0 spiro atoms. The fourth-order valence-corrected chi connectivity index (χ4v) is 5.46. The predicted octanol–water partition coefficient (Wildman–Crippen LogP) is 7.70. The van der Waals surface area contributed by atoms with Crippen molar-refractivity contribution in [3.05, 3.63) is 83.9 Å².